The third-order valence-corrected chi connectivity index (χ3v) is 3.62. The number of halogens is 3. The Labute approximate surface area is 147 Å². The molecule has 0 saturated heterocycles. The van der Waals surface area contributed by atoms with Crippen molar-refractivity contribution < 1.29 is 13.6 Å². The van der Waals surface area contributed by atoms with Crippen LogP contribution in [0.2, 0.25) is 5.02 Å². The predicted molar refractivity (Wildman–Crippen MR) is 93.3 cm³/mol. The molecule has 25 heavy (non-hydrogen) atoms. The zero-order chi connectivity index (χ0) is 17.8. The van der Waals surface area contributed by atoms with Crippen molar-refractivity contribution in [3.63, 3.8) is 0 Å². The van der Waals surface area contributed by atoms with E-state index in [1.807, 2.05) is 0 Å². The third-order valence-electron chi connectivity index (χ3n) is 3.31. The first kappa shape index (κ1) is 16.9. The minimum Gasteiger partial charge on any atom is -0.354 e. The Hall–Kier alpha value is -2.99. The molecule has 0 spiro atoms. The molecule has 0 saturated carbocycles. The largest absolute Gasteiger partial charge is 0.354 e. The molecule has 0 radical (unpaired) electrons. The van der Waals surface area contributed by atoms with Gasteiger partial charge in [-0.2, -0.15) is 0 Å². The number of rotatable bonds is 4. The van der Waals surface area contributed by atoms with Gasteiger partial charge in [0.25, 0.3) is 5.91 Å². The van der Waals surface area contributed by atoms with Gasteiger partial charge in [0.15, 0.2) is 0 Å². The van der Waals surface area contributed by atoms with Gasteiger partial charge in [-0.05, 0) is 42.5 Å². The summed E-state index contributed by atoms with van der Waals surface area (Å²) < 4.78 is 26.9. The number of hydrogen-bond acceptors (Lipinski definition) is 3. The van der Waals surface area contributed by atoms with Crippen molar-refractivity contribution in [3.8, 4) is 0 Å². The number of amides is 1. The average Bonchev–Trinajstić information content (AvgIpc) is 2.56. The Morgan fingerprint density at radius 3 is 2.48 bits per heavy atom. The lowest BCUT2D eigenvalue weighted by Crippen LogP contribution is -2.15. The van der Waals surface area contributed by atoms with Crippen molar-refractivity contribution in [2.75, 3.05) is 10.6 Å². The Balaban J connectivity index is 1.71. The molecule has 0 unspecified atom stereocenters. The summed E-state index contributed by atoms with van der Waals surface area (Å²) in [5.74, 6) is -1.53. The summed E-state index contributed by atoms with van der Waals surface area (Å²) in [6.07, 6.45) is 1.46. The second-order valence-corrected chi connectivity index (χ2v) is 5.53. The summed E-state index contributed by atoms with van der Waals surface area (Å²) >= 11 is 5.86. The molecule has 0 aliphatic carbocycles. The number of carbonyl (C=O) groups is 1. The summed E-state index contributed by atoms with van der Waals surface area (Å²) in [6, 6.07) is 13.2. The lowest BCUT2D eigenvalue weighted by molar-refractivity contribution is 0.102. The highest BCUT2D eigenvalue weighted by Gasteiger charge is 2.16. The molecular formula is C18H12ClF2N3O. The van der Waals surface area contributed by atoms with Crippen LogP contribution in [0.25, 0.3) is 0 Å². The third kappa shape index (κ3) is 4.10. The quantitative estimate of drug-likeness (QED) is 0.688. The van der Waals surface area contributed by atoms with Crippen molar-refractivity contribution in [2.45, 2.75) is 0 Å². The zero-order valence-electron chi connectivity index (χ0n) is 12.8. The summed E-state index contributed by atoms with van der Waals surface area (Å²) in [4.78, 5) is 16.2. The standard InChI is InChI=1S/C18H12ClF2N3O/c19-14-5-2-6-15(21)17(14)18(25)24-16-8-7-13(10-22-16)23-12-4-1-3-11(20)9-12/h1-10,23H,(H,22,24,25). The van der Waals surface area contributed by atoms with Crippen LogP contribution in [-0.4, -0.2) is 10.9 Å². The Morgan fingerprint density at radius 1 is 1.00 bits per heavy atom. The SMILES string of the molecule is O=C(Nc1ccc(Nc2cccc(F)c2)cn1)c1c(F)cccc1Cl. The number of nitrogens with zero attached hydrogens (tertiary/aromatic N) is 1. The van der Waals surface area contributed by atoms with E-state index in [2.05, 4.69) is 15.6 Å². The molecule has 2 N–H and O–H groups in total. The summed E-state index contributed by atoms with van der Waals surface area (Å²) in [5, 5.41) is 5.47. The van der Waals surface area contributed by atoms with Gasteiger partial charge in [-0.15, -0.1) is 0 Å². The average molecular weight is 360 g/mol. The zero-order valence-corrected chi connectivity index (χ0v) is 13.5. The fraction of sp³-hybridized carbons (Fsp3) is 0. The van der Waals surface area contributed by atoms with Gasteiger partial charge in [-0.25, -0.2) is 13.8 Å². The Bertz CT molecular complexity index is 896. The molecule has 0 aliphatic heterocycles. The predicted octanol–water partition coefficient (Wildman–Crippen LogP) is 5.01. The van der Waals surface area contributed by atoms with E-state index < -0.39 is 11.7 Å². The van der Waals surface area contributed by atoms with Gasteiger partial charge in [-0.1, -0.05) is 23.7 Å². The molecule has 1 heterocycles. The van der Waals surface area contributed by atoms with Gasteiger partial charge < -0.3 is 10.6 Å². The molecule has 1 amide bonds. The summed E-state index contributed by atoms with van der Waals surface area (Å²) in [7, 11) is 0. The van der Waals surface area contributed by atoms with Gasteiger partial charge >= 0.3 is 0 Å². The lowest BCUT2D eigenvalue weighted by atomic mass is 10.2. The molecule has 0 fully saturated rings. The number of anilines is 3. The van der Waals surface area contributed by atoms with E-state index in [1.165, 1.54) is 36.5 Å². The van der Waals surface area contributed by atoms with E-state index in [9.17, 15) is 13.6 Å². The van der Waals surface area contributed by atoms with Crippen molar-refractivity contribution in [3.05, 3.63) is 83.0 Å². The molecule has 126 valence electrons. The Kier molecular flexibility index (Phi) is 4.90. The Morgan fingerprint density at radius 2 is 1.80 bits per heavy atom. The van der Waals surface area contributed by atoms with Crippen LogP contribution >= 0.6 is 11.6 Å². The number of hydrogen-bond donors (Lipinski definition) is 2. The molecule has 3 rings (SSSR count). The normalized spacial score (nSPS) is 10.4. The van der Waals surface area contributed by atoms with Gasteiger partial charge in [0, 0.05) is 5.69 Å². The first-order valence-corrected chi connectivity index (χ1v) is 7.65. The van der Waals surface area contributed by atoms with Crippen LogP contribution in [0.4, 0.5) is 26.0 Å². The van der Waals surface area contributed by atoms with E-state index in [1.54, 1.807) is 18.2 Å². The molecule has 7 heteroatoms. The topological polar surface area (TPSA) is 54.0 Å². The van der Waals surface area contributed by atoms with E-state index in [4.69, 9.17) is 11.6 Å². The lowest BCUT2D eigenvalue weighted by Gasteiger charge is -2.09. The molecule has 4 nitrogen and oxygen atoms in total. The first-order chi connectivity index (χ1) is 12.0. The van der Waals surface area contributed by atoms with Crippen molar-refractivity contribution in [1.82, 2.24) is 4.98 Å². The first-order valence-electron chi connectivity index (χ1n) is 7.27. The molecule has 3 aromatic rings. The highest BCUT2D eigenvalue weighted by Crippen LogP contribution is 2.21. The molecule has 1 aromatic heterocycles. The number of aromatic nitrogens is 1. The molecule has 2 aromatic carbocycles. The van der Waals surface area contributed by atoms with Crippen molar-refractivity contribution in [2.24, 2.45) is 0 Å². The molecule has 0 atom stereocenters. The van der Waals surface area contributed by atoms with E-state index in [0.717, 1.165) is 6.07 Å². The van der Waals surface area contributed by atoms with Gasteiger partial charge in [0.2, 0.25) is 0 Å². The van der Waals surface area contributed by atoms with Crippen molar-refractivity contribution >= 4 is 34.7 Å². The van der Waals surface area contributed by atoms with Crippen LogP contribution in [0.3, 0.4) is 0 Å². The van der Waals surface area contributed by atoms with Gasteiger partial charge in [0.05, 0.1) is 22.5 Å². The number of carbonyl (C=O) groups excluding carboxylic acids is 1. The van der Waals surface area contributed by atoms with Gasteiger partial charge in [-0.3, -0.25) is 4.79 Å². The fourth-order valence-corrected chi connectivity index (χ4v) is 2.42. The second-order valence-electron chi connectivity index (χ2n) is 5.12. The van der Waals surface area contributed by atoms with E-state index in [0.29, 0.717) is 11.4 Å². The maximum Gasteiger partial charge on any atom is 0.261 e. The highest BCUT2D eigenvalue weighted by molar-refractivity contribution is 6.34. The van der Waals surface area contributed by atoms with Crippen LogP contribution < -0.4 is 10.6 Å². The highest BCUT2D eigenvalue weighted by atomic mass is 35.5. The molecule has 0 bridgehead atoms. The second kappa shape index (κ2) is 7.27. The smallest absolute Gasteiger partial charge is 0.261 e. The van der Waals surface area contributed by atoms with Crippen LogP contribution in [0, 0.1) is 11.6 Å². The molecule has 0 aliphatic rings. The van der Waals surface area contributed by atoms with Crippen LogP contribution in [0.5, 0.6) is 0 Å². The summed E-state index contributed by atoms with van der Waals surface area (Å²) in [6.45, 7) is 0. The number of benzene rings is 2. The van der Waals surface area contributed by atoms with Crippen molar-refractivity contribution in [1.29, 1.82) is 0 Å². The molecular weight excluding hydrogens is 348 g/mol. The van der Waals surface area contributed by atoms with Crippen LogP contribution in [0.15, 0.2) is 60.8 Å². The monoisotopic (exact) mass is 359 g/mol. The number of nitrogens with one attached hydrogen (secondary N) is 2. The summed E-state index contributed by atoms with van der Waals surface area (Å²) in [5.41, 5.74) is 0.928. The van der Waals surface area contributed by atoms with Crippen LogP contribution in [-0.2, 0) is 0 Å². The minimum absolute atomic E-state index is 0.0156. The maximum atomic E-state index is 13.7. The van der Waals surface area contributed by atoms with Crippen LogP contribution in [0.1, 0.15) is 10.4 Å². The maximum absolute atomic E-state index is 13.7. The van der Waals surface area contributed by atoms with E-state index >= 15 is 0 Å². The minimum atomic E-state index is -0.714. The van der Waals surface area contributed by atoms with E-state index in [-0.39, 0.29) is 22.2 Å². The fourth-order valence-electron chi connectivity index (χ4n) is 2.17. The number of pyridine rings is 1. The van der Waals surface area contributed by atoms with Gasteiger partial charge in [0.1, 0.15) is 17.5 Å².